The maximum absolute atomic E-state index is 10.2. The van der Waals surface area contributed by atoms with Crippen LogP contribution in [0.15, 0.2) is 30.3 Å². The van der Waals surface area contributed by atoms with Crippen molar-refractivity contribution < 1.29 is 29.2 Å². The zero-order chi connectivity index (χ0) is 15.7. The fraction of sp³-hybridized carbons (Fsp3) is 0.625. The number of rotatable bonds is 4. The summed E-state index contributed by atoms with van der Waals surface area (Å²) in [6, 6.07) is 9.59. The summed E-state index contributed by atoms with van der Waals surface area (Å²) in [6.45, 7) is 4.21. The van der Waals surface area contributed by atoms with Gasteiger partial charge in [-0.15, -0.1) is 0 Å². The number of hydrogen-bond donors (Lipinski definition) is 2. The van der Waals surface area contributed by atoms with Crippen LogP contribution in [0.2, 0.25) is 0 Å². The molecule has 0 aliphatic carbocycles. The van der Waals surface area contributed by atoms with Gasteiger partial charge in [-0.25, -0.2) is 0 Å². The first kappa shape index (κ1) is 15.9. The Bertz CT molecular complexity index is 491. The maximum Gasteiger partial charge on any atom is 0.187 e. The summed E-state index contributed by atoms with van der Waals surface area (Å²) in [4.78, 5) is 0. The normalized spacial score (nSPS) is 37.5. The van der Waals surface area contributed by atoms with E-state index in [1.165, 1.54) is 0 Å². The van der Waals surface area contributed by atoms with Crippen molar-refractivity contribution in [1.29, 1.82) is 0 Å². The highest BCUT2D eigenvalue weighted by Gasteiger charge is 2.50. The molecule has 0 aromatic heterocycles. The van der Waals surface area contributed by atoms with Crippen LogP contribution in [0.5, 0.6) is 0 Å². The van der Waals surface area contributed by atoms with Crippen molar-refractivity contribution in [2.45, 2.75) is 56.9 Å². The van der Waals surface area contributed by atoms with Crippen LogP contribution >= 0.6 is 0 Å². The lowest BCUT2D eigenvalue weighted by Crippen LogP contribution is -2.40. The third-order valence-corrected chi connectivity index (χ3v) is 3.91. The molecule has 0 unspecified atom stereocenters. The average Bonchev–Trinajstić information content (AvgIpc) is 2.99. The van der Waals surface area contributed by atoms with Crippen LogP contribution in [0, 0.1) is 0 Å². The van der Waals surface area contributed by atoms with Gasteiger partial charge in [-0.2, -0.15) is 0 Å². The summed E-state index contributed by atoms with van der Waals surface area (Å²) in [5.41, 5.74) is 0.970. The summed E-state index contributed by atoms with van der Waals surface area (Å²) < 4.78 is 22.4. The number of hydrogen-bond acceptors (Lipinski definition) is 6. The number of aliphatic hydroxyl groups is 2. The van der Waals surface area contributed by atoms with Gasteiger partial charge in [-0.05, 0) is 19.4 Å². The minimum Gasteiger partial charge on any atom is -0.387 e. The van der Waals surface area contributed by atoms with Crippen LogP contribution in [-0.4, -0.2) is 53.3 Å². The van der Waals surface area contributed by atoms with Crippen molar-refractivity contribution in [3.8, 4) is 0 Å². The topological polar surface area (TPSA) is 77.4 Å². The summed E-state index contributed by atoms with van der Waals surface area (Å²) in [5.74, 6) is -0.707. The van der Waals surface area contributed by atoms with Gasteiger partial charge in [0.15, 0.2) is 12.1 Å². The number of aliphatic hydroxyl groups excluding tert-OH is 2. The van der Waals surface area contributed by atoms with E-state index in [0.29, 0.717) is 13.2 Å². The van der Waals surface area contributed by atoms with Gasteiger partial charge in [0, 0.05) is 0 Å². The summed E-state index contributed by atoms with van der Waals surface area (Å²) >= 11 is 0. The Kier molecular flexibility index (Phi) is 4.49. The molecule has 6 heteroatoms. The van der Waals surface area contributed by atoms with Gasteiger partial charge in [0.2, 0.25) is 0 Å². The van der Waals surface area contributed by atoms with Crippen LogP contribution in [0.25, 0.3) is 0 Å². The van der Waals surface area contributed by atoms with E-state index in [4.69, 9.17) is 18.9 Å². The highest BCUT2D eigenvalue weighted by atomic mass is 16.8. The lowest BCUT2D eigenvalue weighted by Gasteiger charge is -2.22. The first-order chi connectivity index (χ1) is 10.5. The Balaban J connectivity index is 1.58. The molecule has 0 saturated carbocycles. The molecule has 22 heavy (non-hydrogen) atoms. The molecule has 2 saturated heterocycles. The van der Waals surface area contributed by atoms with Crippen molar-refractivity contribution in [1.82, 2.24) is 0 Å². The molecular weight excluding hydrogens is 288 g/mol. The number of benzene rings is 1. The molecule has 2 fully saturated rings. The monoisotopic (exact) mass is 310 g/mol. The lowest BCUT2D eigenvalue weighted by atomic mass is 10.1. The largest absolute Gasteiger partial charge is 0.387 e. The fourth-order valence-corrected chi connectivity index (χ4v) is 2.75. The summed E-state index contributed by atoms with van der Waals surface area (Å²) in [7, 11) is 0. The average molecular weight is 310 g/mol. The Labute approximate surface area is 129 Å². The molecule has 0 spiro atoms. The standard InChI is InChI=1S/C16H22O6/c1-16(2)20-9-11(22-16)14-12(17)13(18)15(21-14)19-8-10-6-4-3-5-7-10/h3-7,11-15,17-18H,8-9H2,1-2H3/t11-,12-,13-,14+,15-/m1/s1. The third kappa shape index (κ3) is 3.32. The van der Waals surface area contributed by atoms with E-state index in [-0.39, 0.29) is 0 Å². The van der Waals surface area contributed by atoms with Gasteiger partial charge in [-0.1, -0.05) is 30.3 Å². The molecule has 3 rings (SSSR count). The zero-order valence-corrected chi connectivity index (χ0v) is 12.7. The quantitative estimate of drug-likeness (QED) is 0.857. The summed E-state index contributed by atoms with van der Waals surface area (Å²) in [5, 5.41) is 20.3. The van der Waals surface area contributed by atoms with E-state index >= 15 is 0 Å². The minimum absolute atomic E-state index is 0.301. The minimum atomic E-state index is -1.11. The molecule has 1 aromatic carbocycles. The zero-order valence-electron chi connectivity index (χ0n) is 12.7. The maximum atomic E-state index is 10.2. The van der Waals surface area contributed by atoms with Gasteiger partial charge in [0.25, 0.3) is 0 Å². The second-order valence-corrected chi connectivity index (χ2v) is 6.11. The summed E-state index contributed by atoms with van der Waals surface area (Å²) in [6.07, 6.45) is -4.15. The highest BCUT2D eigenvalue weighted by Crippen LogP contribution is 2.32. The van der Waals surface area contributed by atoms with Crippen LogP contribution in [0.1, 0.15) is 19.4 Å². The molecule has 0 amide bonds. The van der Waals surface area contributed by atoms with Crippen LogP contribution in [-0.2, 0) is 25.6 Å². The highest BCUT2D eigenvalue weighted by molar-refractivity contribution is 5.13. The molecule has 122 valence electrons. The van der Waals surface area contributed by atoms with Crippen LogP contribution in [0.3, 0.4) is 0 Å². The molecule has 2 aliphatic heterocycles. The molecule has 6 nitrogen and oxygen atoms in total. The van der Waals surface area contributed by atoms with Crippen molar-refractivity contribution in [2.75, 3.05) is 6.61 Å². The Morgan fingerprint density at radius 3 is 2.55 bits per heavy atom. The van der Waals surface area contributed by atoms with E-state index in [2.05, 4.69) is 0 Å². The molecule has 1 aromatic rings. The van der Waals surface area contributed by atoms with Crippen molar-refractivity contribution in [3.05, 3.63) is 35.9 Å². The van der Waals surface area contributed by atoms with Crippen LogP contribution < -0.4 is 0 Å². The van der Waals surface area contributed by atoms with Gasteiger partial charge in [0.05, 0.1) is 13.2 Å². The van der Waals surface area contributed by atoms with E-state index < -0.39 is 36.5 Å². The van der Waals surface area contributed by atoms with Crippen molar-refractivity contribution in [2.24, 2.45) is 0 Å². The van der Waals surface area contributed by atoms with E-state index in [1.807, 2.05) is 30.3 Å². The Morgan fingerprint density at radius 2 is 1.91 bits per heavy atom. The molecular formula is C16H22O6. The molecule has 0 bridgehead atoms. The van der Waals surface area contributed by atoms with Crippen molar-refractivity contribution >= 4 is 0 Å². The number of ether oxygens (including phenoxy) is 4. The predicted molar refractivity (Wildman–Crippen MR) is 76.8 cm³/mol. The molecule has 0 radical (unpaired) electrons. The molecule has 2 N–H and O–H groups in total. The van der Waals surface area contributed by atoms with E-state index in [0.717, 1.165) is 5.56 Å². The third-order valence-electron chi connectivity index (χ3n) is 3.91. The van der Waals surface area contributed by atoms with Gasteiger partial charge >= 0.3 is 0 Å². The van der Waals surface area contributed by atoms with Gasteiger partial charge in [0.1, 0.15) is 24.4 Å². The first-order valence-electron chi connectivity index (χ1n) is 7.45. The lowest BCUT2D eigenvalue weighted by molar-refractivity contribution is -0.197. The second-order valence-electron chi connectivity index (χ2n) is 6.11. The molecule has 5 atom stereocenters. The Morgan fingerprint density at radius 1 is 1.18 bits per heavy atom. The fourth-order valence-electron chi connectivity index (χ4n) is 2.75. The van der Waals surface area contributed by atoms with Gasteiger partial charge in [-0.3, -0.25) is 0 Å². The van der Waals surface area contributed by atoms with Crippen LogP contribution in [0.4, 0.5) is 0 Å². The second kappa shape index (κ2) is 6.23. The molecule has 2 aliphatic rings. The first-order valence-corrected chi connectivity index (χ1v) is 7.45. The predicted octanol–water partition coefficient (Wildman–Crippen LogP) is 0.801. The SMILES string of the molecule is CC1(C)OC[C@H]([C@@H]2O[C@@H](OCc3ccccc3)[C@H](O)[C@H]2O)O1. The van der Waals surface area contributed by atoms with E-state index in [1.54, 1.807) is 13.8 Å². The van der Waals surface area contributed by atoms with Crippen molar-refractivity contribution in [3.63, 3.8) is 0 Å². The smallest absolute Gasteiger partial charge is 0.187 e. The van der Waals surface area contributed by atoms with E-state index in [9.17, 15) is 10.2 Å². The Hall–Kier alpha value is -1.02. The van der Waals surface area contributed by atoms with Gasteiger partial charge < -0.3 is 29.2 Å². The molecule has 2 heterocycles.